The Morgan fingerprint density at radius 2 is 2.00 bits per heavy atom. The topological polar surface area (TPSA) is 70.6 Å². The lowest BCUT2D eigenvalue weighted by Crippen LogP contribution is -2.49. The van der Waals surface area contributed by atoms with E-state index in [4.69, 9.17) is 4.74 Å². The van der Waals surface area contributed by atoms with Crippen LogP contribution in [0, 0.1) is 0 Å². The van der Waals surface area contributed by atoms with Crippen LogP contribution in [0.25, 0.3) is 0 Å². The van der Waals surface area contributed by atoms with E-state index in [9.17, 15) is 9.90 Å². The summed E-state index contributed by atoms with van der Waals surface area (Å²) in [5, 5.41) is 15.0. The van der Waals surface area contributed by atoms with E-state index in [2.05, 4.69) is 10.6 Å². The van der Waals surface area contributed by atoms with Crippen LogP contribution in [-0.2, 0) is 9.53 Å². The Balaban J connectivity index is 3.78. The maximum absolute atomic E-state index is 11.5. The highest BCUT2D eigenvalue weighted by Crippen LogP contribution is 1.93. The van der Waals surface area contributed by atoms with E-state index in [0.29, 0.717) is 13.2 Å². The van der Waals surface area contributed by atoms with Crippen LogP contribution in [0.1, 0.15) is 20.8 Å². The lowest BCUT2D eigenvalue weighted by atomic mass is 10.2. The van der Waals surface area contributed by atoms with Crippen molar-refractivity contribution in [1.29, 1.82) is 0 Å². The van der Waals surface area contributed by atoms with E-state index in [-0.39, 0.29) is 18.0 Å². The fraction of sp³-hybridized carbons (Fsp3) is 0.900. The van der Waals surface area contributed by atoms with Crippen LogP contribution < -0.4 is 10.6 Å². The van der Waals surface area contributed by atoms with Crippen LogP contribution in [0.15, 0.2) is 0 Å². The molecule has 0 bridgehead atoms. The number of nitrogens with one attached hydrogen (secondary N) is 2. The zero-order valence-electron chi connectivity index (χ0n) is 9.91. The number of ether oxygens (including phenoxy) is 1. The Bertz CT molecular complexity index is 186. The Hall–Kier alpha value is -0.650. The molecule has 0 saturated heterocycles. The fourth-order valence-electron chi connectivity index (χ4n) is 1.04. The van der Waals surface area contributed by atoms with E-state index in [1.54, 1.807) is 21.0 Å². The number of aliphatic hydroxyl groups excluding tert-OH is 1. The third-order valence-corrected chi connectivity index (χ3v) is 2.24. The summed E-state index contributed by atoms with van der Waals surface area (Å²) in [4.78, 5) is 11.5. The number of hydrogen-bond acceptors (Lipinski definition) is 4. The first-order valence-corrected chi connectivity index (χ1v) is 5.19. The van der Waals surface area contributed by atoms with Crippen molar-refractivity contribution in [2.45, 2.75) is 39.0 Å². The van der Waals surface area contributed by atoms with Gasteiger partial charge in [0.05, 0.1) is 18.8 Å². The third kappa shape index (κ3) is 6.43. The highest BCUT2D eigenvalue weighted by Gasteiger charge is 2.16. The molecule has 90 valence electrons. The molecule has 0 aromatic carbocycles. The average molecular weight is 218 g/mol. The number of aliphatic hydroxyl groups is 1. The van der Waals surface area contributed by atoms with Gasteiger partial charge in [-0.15, -0.1) is 0 Å². The summed E-state index contributed by atoms with van der Waals surface area (Å²) in [6.07, 6.45) is -0.473. The van der Waals surface area contributed by atoms with Gasteiger partial charge in [0, 0.05) is 19.7 Å². The molecule has 0 spiro atoms. The normalized spacial score (nSPS) is 16.9. The molecule has 1 amide bonds. The molecule has 0 saturated carbocycles. The molecule has 0 heterocycles. The molecule has 0 aliphatic rings. The van der Waals surface area contributed by atoms with Crippen molar-refractivity contribution < 1.29 is 14.6 Å². The van der Waals surface area contributed by atoms with Crippen LogP contribution in [0.3, 0.4) is 0 Å². The molecule has 0 fully saturated rings. The molecule has 0 aliphatic heterocycles. The molecule has 5 heteroatoms. The molecule has 3 N–H and O–H groups in total. The summed E-state index contributed by atoms with van der Waals surface area (Å²) in [6.45, 7) is 6.30. The molecular weight excluding hydrogens is 196 g/mol. The SMILES string of the molecule is COCCNC(=O)C(C)NC(C)C(C)O. The van der Waals surface area contributed by atoms with Gasteiger partial charge in [-0.3, -0.25) is 4.79 Å². The van der Waals surface area contributed by atoms with Crippen LogP contribution in [0.2, 0.25) is 0 Å². The molecule has 3 atom stereocenters. The van der Waals surface area contributed by atoms with Crippen molar-refractivity contribution in [2.24, 2.45) is 0 Å². The summed E-state index contributed by atoms with van der Waals surface area (Å²) in [6, 6.07) is -0.417. The van der Waals surface area contributed by atoms with Gasteiger partial charge in [-0.2, -0.15) is 0 Å². The predicted molar refractivity (Wildman–Crippen MR) is 58.6 cm³/mol. The standard InChI is InChI=1S/C10H22N2O3/c1-7(9(3)13)12-8(2)10(14)11-5-6-15-4/h7-9,12-13H,5-6H2,1-4H3,(H,11,14). The molecule has 15 heavy (non-hydrogen) atoms. The maximum atomic E-state index is 11.5. The van der Waals surface area contributed by atoms with Gasteiger partial charge in [0.1, 0.15) is 0 Å². The van der Waals surface area contributed by atoms with E-state index in [1.807, 2.05) is 6.92 Å². The molecule has 0 rings (SSSR count). The Morgan fingerprint density at radius 3 is 2.47 bits per heavy atom. The molecule has 0 aromatic rings. The van der Waals surface area contributed by atoms with Gasteiger partial charge in [0.2, 0.25) is 5.91 Å². The van der Waals surface area contributed by atoms with Crippen molar-refractivity contribution >= 4 is 5.91 Å². The summed E-state index contributed by atoms with van der Waals surface area (Å²) in [5.74, 6) is -0.0837. The second kappa shape index (κ2) is 7.62. The van der Waals surface area contributed by atoms with Gasteiger partial charge in [-0.1, -0.05) is 0 Å². The lowest BCUT2D eigenvalue weighted by Gasteiger charge is -2.21. The van der Waals surface area contributed by atoms with Crippen molar-refractivity contribution in [3.8, 4) is 0 Å². The van der Waals surface area contributed by atoms with E-state index < -0.39 is 6.10 Å². The largest absolute Gasteiger partial charge is 0.392 e. The Kier molecular flexibility index (Phi) is 7.29. The van der Waals surface area contributed by atoms with Crippen molar-refractivity contribution in [2.75, 3.05) is 20.3 Å². The van der Waals surface area contributed by atoms with Crippen LogP contribution in [-0.4, -0.2) is 49.5 Å². The van der Waals surface area contributed by atoms with Gasteiger partial charge in [0.15, 0.2) is 0 Å². The molecule has 0 aliphatic carbocycles. The molecule has 5 nitrogen and oxygen atoms in total. The Labute approximate surface area is 91.2 Å². The van der Waals surface area contributed by atoms with Gasteiger partial charge < -0.3 is 20.5 Å². The second-order valence-electron chi connectivity index (χ2n) is 3.70. The number of hydrogen-bond donors (Lipinski definition) is 3. The van der Waals surface area contributed by atoms with Crippen molar-refractivity contribution in [3.63, 3.8) is 0 Å². The summed E-state index contributed by atoms with van der Waals surface area (Å²) >= 11 is 0. The highest BCUT2D eigenvalue weighted by atomic mass is 16.5. The number of amides is 1. The minimum absolute atomic E-state index is 0.0837. The lowest BCUT2D eigenvalue weighted by molar-refractivity contribution is -0.123. The average Bonchev–Trinajstić information content (AvgIpc) is 2.17. The first-order valence-electron chi connectivity index (χ1n) is 5.19. The van der Waals surface area contributed by atoms with E-state index >= 15 is 0 Å². The smallest absolute Gasteiger partial charge is 0.236 e. The van der Waals surface area contributed by atoms with E-state index in [1.165, 1.54) is 0 Å². The minimum atomic E-state index is -0.473. The third-order valence-electron chi connectivity index (χ3n) is 2.24. The summed E-state index contributed by atoms with van der Waals surface area (Å²) in [7, 11) is 1.59. The minimum Gasteiger partial charge on any atom is -0.392 e. The van der Waals surface area contributed by atoms with Gasteiger partial charge in [0.25, 0.3) is 0 Å². The first-order chi connectivity index (χ1) is 6.99. The van der Waals surface area contributed by atoms with Crippen LogP contribution >= 0.6 is 0 Å². The van der Waals surface area contributed by atoms with Gasteiger partial charge in [-0.25, -0.2) is 0 Å². The number of carbonyl (C=O) groups excluding carboxylic acids is 1. The number of rotatable bonds is 7. The number of methoxy groups -OCH3 is 1. The number of carbonyl (C=O) groups is 1. The van der Waals surface area contributed by atoms with Crippen molar-refractivity contribution in [1.82, 2.24) is 10.6 Å². The van der Waals surface area contributed by atoms with Crippen LogP contribution in [0.4, 0.5) is 0 Å². The Morgan fingerprint density at radius 1 is 1.40 bits per heavy atom. The monoisotopic (exact) mass is 218 g/mol. The van der Waals surface area contributed by atoms with Crippen molar-refractivity contribution in [3.05, 3.63) is 0 Å². The summed E-state index contributed by atoms with van der Waals surface area (Å²) in [5.41, 5.74) is 0. The first kappa shape index (κ1) is 14.3. The van der Waals surface area contributed by atoms with E-state index in [0.717, 1.165) is 0 Å². The zero-order valence-corrected chi connectivity index (χ0v) is 9.91. The fourth-order valence-corrected chi connectivity index (χ4v) is 1.04. The molecular formula is C10H22N2O3. The zero-order chi connectivity index (χ0) is 11.8. The maximum Gasteiger partial charge on any atom is 0.236 e. The second-order valence-corrected chi connectivity index (χ2v) is 3.70. The van der Waals surface area contributed by atoms with Gasteiger partial charge in [-0.05, 0) is 20.8 Å². The molecule has 3 unspecified atom stereocenters. The van der Waals surface area contributed by atoms with Gasteiger partial charge >= 0.3 is 0 Å². The quantitative estimate of drug-likeness (QED) is 0.504. The predicted octanol–water partition coefficient (Wildman–Crippen LogP) is -0.504. The van der Waals surface area contributed by atoms with Crippen LogP contribution in [0.5, 0.6) is 0 Å². The molecule has 0 aromatic heterocycles. The highest BCUT2D eigenvalue weighted by molar-refractivity contribution is 5.81. The summed E-state index contributed by atoms with van der Waals surface area (Å²) < 4.78 is 4.82. The molecule has 0 radical (unpaired) electrons.